The van der Waals surface area contributed by atoms with Gasteiger partial charge in [0.2, 0.25) is 0 Å². The van der Waals surface area contributed by atoms with Gasteiger partial charge in [0, 0.05) is 17.9 Å². The quantitative estimate of drug-likeness (QED) is 0.741. The lowest BCUT2D eigenvalue weighted by Crippen LogP contribution is -2.42. The Balaban J connectivity index is 3.04. The van der Waals surface area contributed by atoms with Gasteiger partial charge >= 0.3 is 0 Å². The Bertz CT molecular complexity index is 423. The molecule has 1 aromatic heterocycles. The maximum atomic E-state index is 11.8. The number of aromatic nitrogens is 2. The Morgan fingerprint density at radius 2 is 1.69 bits per heavy atom. The van der Waals surface area contributed by atoms with Gasteiger partial charge in [-0.3, -0.25) is 9.59 Å². The van der Waals surface area contributed by atoms with Crippen LogP contribution in [0.15, 0.2) is 12.4 Å². The lowest BCUT2D eigenvalue weighted by atomic mass is 10.1. The van der Waals surface area contributed by atoms with E-state index in [0.29, 0.717) is 0 Å². The molecule has 0 spiro atoms. The SMILES string of the molecule is CC(C)(C)NC(=O)c1nccnc1C(N)=O. The summed E-state index contributed by atoms with van der Waals surface area (Å²) in [6.07, 6.45) is 2.65. The zero-order valence-corrected chi connectivity index (χ0v) is 9.44. The highest BCUT2D eigenvalue weighted by Crippen LogP contribution is 2.05. The number of hydrogen-bond acceptors (Lipinski definition) is 4. The third kappa shape index (κ3) is 3.01. The monoisotopic (exact) mass is 222 g/mol. The number of nitrogens with zero attached hydrogens (tertiary/aromatic N) is 2. The minimum Gasteiger partial charge on any atom is -0.364 e. The van der Waals surface area contributed by atoms with Crippen molar-refractivity contribution >= 4 is 11.8 Å². The number of nitrogens with one attached hydrogen (secondary N) is 1. The molecule has 0 unspecified atom stereocenters. The van der Waals surface area contributed by atoms with Crippen LogP contribution in [0.2, 0.25) is 0 Å². The average molecular weight is 222 g/mol. The summed E-state index contributed by atoms with van der Waals surface area (Å²) in [7, 11) is 0. The summed E-state index contributed by atoms with van der Waals surface area (Å²) >= 11 is 0. The summed E-state index contributed by atoms with van der Waals surface area (Å²) in [5, 5.41) is 2.68. The number of primary amides is 1. The molecule has 0 bridgehead atoms. The Kier molecular flexibility index (Phi) is 3.22. The standard InChI is InChI=1S/C10H14N4O2/c1-10(2,3)14-9(16)7-6(8(11)15)12-4-5-13-7/h4-5H,1-3H3,(H2,11,15)(H,14,16). The van der Waals surface area contributed by atoms with Crippen molar-refractivity contribution in [3.8, 4) is 0 Å². The fourth-order valence-corrected chi connectivity index (χ4v) is 1.08. The molecule has 6 heteroatoms. The molecule has 0 aromatic carbocycles. The van der Waals surface area contributed by atoms with E-state index in [1.807, 2.05) is 20.8 Å². The predicted octanol–water partition coefficient (Wildman–Crippen LogP) is 0.104. The highest BCUT2D eigenvalue weighted by Gasteiger charge is 2.21. The summed E-state index contributed by atoms with van der Waals surface area (Å²) < 4.78 is 0. The zero-order valence-electron chi connectivity index (χ0n) is 9.44. The molecule has 0 fully saturated rings. The molecule has 1 rings (SSSR count). The maximum absolute atomic E-state index is 11.8. The molecule has 0 radical (unpaired) electrons. The third-order valence-corrected chi connectivity index (χ3v) is 1.64. The first-order valence-corrected chi connectivity index (χ1v) is 4.74. The molecular formula is C10H14N4O2. The Morgan fingerprint density at radius 3 is 2.12 bits per heavy atom. The van der Waals surface area contributed by atoms with Gasteiger partial charge in [0.25, 0.3) is 11.8 Å². The summed E-state index contributed by atoms with van der Waals surface area (Å²) in [5.41, 5.74) is 4.51. The highest BCUT2D eigenvalue weighted by atomic mass is 16.2. The molecule has 0 aliphatic rings. The van der Waals surface area contributed by atoms with E-state index in [0.717, 1.165) is 0 Å². The van der Waals surface area contributed by atoms with Gasteiger partial charge in [-0.2, -0.15) is 0 Å². The van der Waals surface area contributed by atoms with E-state index in [9.17, 15) is 9.59 Å². The van der Waals surface area contributed by atoms with Crippen LogP contribution in [-0.4, -0.2) is 27.3 Å². The lowest BCUT2D eigenvalue weighted by molar-refractivity contribution is 0.0899. The van der Waals surface area contributed by atoms with E-state index in [1.165, 1.54) is 12.4 Å². The van der Waals surface area contributed by atoms with Crippen LogP contribution < -0.4 is 11.1 Å². The lowest BCUT2D eigenvalue weighted by Gasteiger charge is -2.20. The normalized spacial score (nSPS) is 10.9. The number of nitrogens with two attached hydrogens (primary N) is 1. The second-order valence-corrected chi connectivity index (χ2v) is 4.32. The van der Waals surface area contributed by atoms with E-state index in [2.05, 4.69) is 15.3 Å². The summed E-state index contributed by atoms with van der Waals surface area (Å²) in [4.78, 5) is 30.3. The molecule has 16 heavy (non-hydrogen) atoms. The summed E-state index contributed by atoms with van der Waals surface area (Å²) in [6, 6.07) is 0. The molecule has 0 aliphatic carbocycles. The third-order valence-electron chi connectivity index (χ3n) is 1.64. The molecule has 2 amide bonds. The van der Waals surface area contributed by atoms with Gasteiger partial charge in [-0.05, 0) is 20.8 Å². The van der Waals surface area contributed by atoms with E-state index >= 15 is 0 Å². The number of rotatable bonds is 2. The van der Waals surface area contributed by atoms with E-state index < -0.39 is 17.4 Å². The van der Waals surface area contributed by atoms with Gasteiger partial charge in [0.15, 0.2) is 11.4 Å². The Hall–Kier alpha value is -1.98. The molecule has 0 saturated heterocycles. The van der Waals surface area contributed by atoms with Crippen LogP contribution >= 0.6 is 0 Å². The zero-order chi connectivity index (χ0) is 12.3. The van der Waals surface area contributed by atoms with Crippen LogP contribution in [0.25, 0.3) is 0 Å². The number of carbonyl (C=O) groups excluding carboxylic acids is 2. The van der Waals surface area contributed by atoms with Gasteiger partial charge in [-0.1, -0.05) is 0 Å². The van der Waals surface area contributed by atoms with Crippen molar-refractivity contribution in [3.63, 3.8) is 0 Å². The predicted molar refractivity (Wildman–Crippen MR) is 57.8 cm³/mol. The van der Waals surface area contributed by atoms with Gasteiger partial charge in [-0.25, -0.2) is 9.97 Å². The molecule has 3 N–H and O–H groups in total. The van der Waals surface area contributed by atoms with Crippen LogP contribution in [0, 0.1) is 0 Å². The first-order chi connectivity index (χ1) is 7.31. The maximum Gasteiger partial charge on any atom is 0.272 e. The smallest absolute Gasteiger partial charge is 0.272 e. The number of amides is 2. The van der Waals surface area contributed by atoms with E-state index in [-0.39, 0.29) is 11.4 Å². The summed E-state index contributed by atoms with van der Waals surface area (Å²) in [6.45, 7) is 5.47. The molecule has 1 aromatic rings. The topological polar surface area (TPSA) is 98.0 Å². The van der Waals surface area contributed by atoms with Crippen molar-refractivity contribution in [3.05, 3.63) is 23.8 Å². The molecule has 0 atom stereocenters. The van der Waals surface area contributed by atoms with Crippen LogP contribution in [0.5, 0.6) is 0 Å². The number of hydrogen-bond donors (Lipinski definition) is 2. The van der Waals surface area contributed by atoms with Crippen molar-refractivity contribution in [1.82, 2.24) is 15.3 Å². The second-order valence-electron chi connectivity index (χ2n) is 4.32. The number of carbonyl (C=O) groups is 2. The largest absolute Gasteiger partial charge is 0.364 e. The Labute approximate surface area is 93.3 Å². The van der Waals surface area contributed by atoms with E-state index in [1.54, 1.807) is 0 Å². The van der Waals surface area contributed by atoms with Crippen molar-refractivity contribution < 1.29 is 9.59 Å². The molecule has 1 heterocycles. The van der Waals surface area contributed by atoms with Crippen molar-refractivity contribution in [2.24, 2.45) is 5.73 Å². The Morgan fingerprint density at radius 1 is 1.19 bits per heavy atom. The average Bonchev–Trinajstić information content (AvgIpc) is 2.15. The van der Waals surface area contributed by atoms with Gasteiger partial charge in [-0.15, -0.1) is 0 Å². The van der Waals surface area contributed by atoms with Crippen molar-refractivity contribution in [2.75, 3.05) is 0 Å². The fourth-order valence-electron chi connectivity index (χ4n) is 1.08. The minimum absolute atomic E-state index is 0.0510. The highest BCUT2D eigenvalue weighted by molar-refractivity contribution is 6.04. The van der Waals surface area contributed by atoms with Gasteiger partial charge < -0.3 is 11.1 Å². The first-order valence-electron chi connectivity index (χ1n) is 4.74. The molecule has 6 nitrogen and oxygen atoms in total. The summed E-state index contributed by atoms with van der Waals surface area (Å²) in [5.74, 6) is -1.23. The molecule has 86 valence electrons. The first kappa shape index (κ1) is 12.1. The van der Waals surface area contributed by atoms with Crippen molar-refractivity contribution in [2.45, 2.75) is 26.3 Å². The minimum atomic E-state index is -0.771. The van der Waals surface area contributed by atoms with Crippen LogP contribution in [0.3, 0.4) is 0 Å². The molecular weight excluding hydrogens is 208 g/mol. The van der Waals surface area contributed by atoms with Crippen molar-refractivity contribution in [1.29, 1.82) is 0 Å². The van der Waals surface area contributed by atoms with Gasteiger partial charge in [0.1, 0.15) is 0 Å². The van der Waals surface area contributed by atoms with Crippen LogP contribution in [0.1, 0.15) is 41.7 Å². The fraction of sp³-hybridized carbons (Fsp3) is 0.400. The molecule has 0 aliphatic heterocycles. The van der Waals surface area contributed by atoms with Crippen LogP contribution in [0.4, 0.5) is 0 Å². The van der Waals surface area contributed by atoms with Gasteiger partial charge in [0.05, 0.1) is 0 Å². The van der Waals surface area contributed by atoms with E-state index in [4.69, 9.17) is 5.73 Å². The molecule has 0 saturated carbocycles. The van der Waals surface area contributed by atoms with Crippen LogP contribution in [-0.2, 0) is 0 Å². The second kappa shape index (κ2) is 4.26.